The fourth-order valence-corrected chi connectivity index (χ4v) is 3.10. The first kappa shape index (κ1) is 21.9. The van der Waals surface area contributed by atoms with Crippen molar-refractivity contribution in [3.05, 3.63) is 70.4 Å². The van der Waals surface area contributed by atoms with E-state index in [1.165, 1.54) is 0 Å². The molecule has 0 aliphatic heterocycles. The van der Waals surface area contributed by atoms with Crippen molar-refractivity contribution in [3.8, 4) is 0 Å². The van der Waals surface area contributed by atoms with Crippen LogP contribution in [0.2, 0.25) is 5.02 Å². The molecule has 3 rings (SSSR count). The lowest BCUT2D eigenvalue weighted by molar-refractivity contribution is -0.124. The highest BCUT2D eigenvalue weighted by atomic mass is 35.5. The van der Waals surface area contributed by atoms with Gasteiger partial charge in [-0.25, -0.2) is 4.79 Å². The molecule has 6 nitrogen and oxygen atoms in total. The summed E-state index contributed by atoms with van der Waals surface area (Å²) in [5, 5.41) is 4.19. The lowest BCUT2D eigenvalue weighted by atomic mass is 10.1. The Bertz CT molecular complexity index is 1030. The van der Waals surface area contributed by atoms with Gasteiger partial charge in [0.25, 0.3) is 5.91 Å². The number of esters is 1. The van der Waals surface area contributed by atoms with E-state index < -0.39 is 18.5 Å². The number of para-hydroxylation sites is 1. The second-order valence-corrected chi connectivity index (χ2v) is 7.62. The summed E-state index contributed by atoms with van der Waals surface area (Å²) in [6, 6.07) is 14.2. The number of benzene rings is 2. The molecule has 1 unspecified atom stereocenters. The maximum atomic E-state index is 12.6. The molecule has 7 heteroatoms. The molecule has 1 amide bonds. The fraction of sp³-hybridized carbons (Fsp3) is 0.304. The topological polar surface area (TPSA) is 77.8 Å². The van der Waals surface area contributed by atoms with Crippen molar-refractivity contribution >= 4 is 34.4 Å². The monoisotopic (exact) mass is 429 g/mol. The highest BCUT2D eigenvalue weighted by Gasteiger charge is 2.23. The molecule has 158 valence electrons. The lowest BCUT2D eigenvalue weighted by Crippen LogP contribution is -2.31. The van der Waals surface area contributed by atoms with Gasteiger partial charge in [-0.15, -0.1) is 0 Å². The van der Waals surface area contributed by atoms with Crippen LogP contribution in [-0.2, 0) is 20.9 Å². The van der Waals surface area contributed by atoms with E-state index >= 15 is 0 Å². The van der Waals surface area contributed by atoms with Crippen molar-refractivity contribution in [2.24, 2.45) is 0 Å². The van der Waals surface area contributed by atoms with E-state index in [0.717, 1.165) is 10.9 Å². The average Bonchev–Trinajstić information content (AvgIpc) is 3.09. The molecule has 0 spiro atoms. The molecule has 0 aliphatic rings. The molecule has 1 atom stereocenters. The van der Waals surface area contributed by atoms with E-state index in [2.05, 4.69) is 5.32 Å². The second-order valence-electron chi connectivity index (χ2n) is 7.18. The Morgan fingerprint density at radius 2 is 1.77 bits per heavy atom. The number of nitrogens with one attached hydrogen (secondary N) is 1. The Morgan fingerprint density at radius 1 is 1.07 bits per heavy atom. The van der Waals surface area contributed by atoms with Gasteiger partial charge in [-0.05, 0) is 44.5 Å². The number of hydrogen-bond acceptors (Lipinski definition) is 5. The first-order valence-electron chi connectivity index (χ1n) is 9.69. The molecule has 1 aromatic heterocycles. The van der Waals surface area contributed by atoms with Crippen LogP contribution in [0.1, 0.15) is 48.5 Å². The van der Waals surface area contributed by atoms with Crippen molar-refractivity contribution in [3.63, 3.8) is 0 Å². The van der Waals surface area contributed by atoms with Crippen LogP contribution in [-0.4, -0.2) is 24.6 Å². The summed E-state index contributed by atoms with van der Waals surface area (Å²) in [7, 11) is 0. The summed E-state index contributed by atoms with van der Waals surface area (Å²) >= 11 is 5.88. The Balaban J connectivity index is 1.65. The first-order valence-corrected chi connectivity index (χ1v) is 10.1. The van der Waals surface area contributed by atoms with Crippen molar-refractivity contribution in [2.75, 3.05) is 6.61 Å². The van der Waals surface area contributed by atoms with Crippen LogP contribution >= 0.6 is 11.6 Å². The number of rotatable bonds is 8. The third kappa shape index (κ3) is 5.40. The summed E-state index contributed by atoms with van der Waals surface area (Å²) in [6.07, 6.45) is -0.0114. The maximum Gasteiger partial charge on any atom is 0.375 e. The van der Waals surface area contributed by atoms with Gasteiger partial charge >= 0.3 is 5.97 Å². The van der Waals surface area contributed by atoms with Gasteiger partial charge in [0, 0.05) is 16.0 Å². The van der Waals surface area contributed by atoms with Crippen LogP contribution in [0.15, 0.2) is 52.9 Å². The quantitative estimate of drug-likeness (QED) is 0.507. The second kappa shape index (κ2) is 9.78. The van der Waals surface area contributed by atoms with Crippen molar-refractivity contribution in [1.82, 2.24) is 5.32 Å². The number of carbonyl (C=O) groups is 2. The summed E-state index contributed by atoms with van der Waals surface area (Å²) in [4.78, 5) is 24.8. The molecule has 1 N–H and O–H groups in total. The number of furan rings is 1. The highest BCUT2D eigenvalue weighted by Crippen LogP contribution is 2.27. The minimum Gasteiger partial charge on any atom is -0.450 e. The summed E-state index contributed by atoms with van der Waals surface area (Å²) in [6.45, 7) is 5.44. The normalized spacial score (nSPS) is 12.2. The minimum atomic E-state index is -0.706. The van der Waals surface area contributed by atoms with E-state index in [9.17, 15) is 9.59 Å². The van der Waals surface area contributed by atoms with Crippen molar-refractivity contribution in [1.29, 1.82) is 0 Å². The molecular formula is C23H24ClNO5. The predicted molar refractivity (Wildman–Crippen MR) is 114 cm³/mol. The molecule has 0 fully saturated rings. The van der Waals surface area contributed by atoms with Gasteiger partial charge in [-0.2, -0.15) is 0 Å². The smallest absolute Gasteiger partial charge is 0.375 e. The van der Waals surface area contributed by atoms with Gasteiger partial charge in [0.15, 0.2) is 6.61 Å². The molecule has 0 bridgehead atoms. The van der Waals surface area contributed by atoms with Crippen LogP contribution in [0, 0.1) is 0 Å². The van der Waals surface area contributed by atoms with E-state index in [1.54, 1.807) is 18.2 Å². The van der Waals surface area contributed by atoms with Gasteiger partial charge in [0.1, 0.15) is 5.58 Å². The summed E-state index contributed by atoms with van der Waals surface area (Å²) < 4.78 is 16.6. The van der Waals surface area contributed by atoms with Crippen LogP contribution < -0.4 is 5.32 Å². The average molecular weight is 430 g/mol. The lowest BCUT2D eigenvalue weighted by Gasteiger charge is -2.14. The van der Waals surface area contributed by atoms with Crippen LogP contribution in [0.3, 0.4) is 0 Å². The summed E-state index contributed by atoms with van der Waals surface area (Å²) in [5.41, 5.74) is 2.07. The zero-order valence-electron chi connectivity index (χ0n) is 17.1. The predicted octanol–water partition coefficient (Wildman–Crippen LogP) is 5.05. The zero-order chi connectivity index (χ0) is 21.7. The van der Waals surface area contributed by atoms with Gasteiger partial charge < -0.3 is 19.2 Å². The highest BCUT2D eigenvalue weighted by molar-refractivity contribution is 6.30. The Labute approximate surface area is 180 Å². The third-order valence-corrected chi connectivity index (χ3v) is 4.78. The molecule has 30 heavy (non-hydrogen) atoms. The number of amides is 1. The van der Waals surface area contributed by atoms with Crippen LogP contribution in [0.25, 0.3) is 11.0 Å². The van der Waals surface area contributed by atoms with Gasteiger partial charge in [-0.3, -0.25) is 4.79 Å². The molecule has 0 saturated carbocycles. The van der Waals surface area contributed by atoms with Gasteiger partial charge in [0.2, 0.25) is 5.76 Å². The number of halogens is 1. The SMILES string of the molecule is CC(C)OCc1c(C(=O)OCC(=O)NC(C)c2ccc(Cl)cc2)oc2ccccc12. The Morgan fingerprint density at radius 3 is 2.47 bits per heavy atom. The molecule has 0 radical (unpaired) electrons. The van der Waals surface area contributed by atoms with Gasteiger partial charge in [-0.1, -0.05) is 41.9 Å². The van der Waals surface area contributed by atoms with E-state index in [0.29, 0.717) is 16.2 Å². The van der Waals surface area contributed by atoms with Gasteiger partial charge in [0.05, 0.1) is 18.8 Å². The molecule has 0 aliphatic carbocycles. The standard InChI is InChI=1S/C23H24ClNO5/c1-14(2)28-12-19-18-6-4-5-7-20(18)30-22(19)23(27)29-13-21(26)25-15(3)16-8-10-17(24)11-9-16/h4-11,14-15H,12-13H2,1-3H3,(H,25,26). The molecular weight excluding hydrogens is 406 g/mol. The largest absolute Gasteiger partial charge is 0.450 e. The molecule has 0 saturated heterocycles. The van der Waals surface area contributed by atoms with Crippen LogP contribution in [0.4, 0.5) is 0 Å². The number of fused-ring (bicyclic) bond motifs is 1. The first-order chi connectivity index (χ1) is 14.3. The zero-order valence-corrected chi connectivity index (χ0v) is 17.9. The Kier molecular flexibility index (Phi) is 7.13. The minimum absolute atomic E-state index is 0.0114. The third-order valence-electron chi connectivity index (χ3n) is 4.53. The van der Waals surface area contributed by atoms with Crippen molar-refractivity contribution in [2.45, 2.75) is 39.5 Å². The number of ether oxygens (including phenoxy) is 2. The van der Waals surface area contributed by atoms with Crippen LogP contribution in [0.5, 0.6) is 0 Å². The van der Waals surface area contributed by atoms with Crippen molar-refractivity contribution < 1.29 is 23.5 Å². The fourth-order valence-electron chi connectivity index (χ4n) is 2.97. The number of hydrogen-bond donors (Lipinski definition) is 1. The van der Waals surface area contributed by atoms with E-state index in [4.69, 9.17) is 25.5 Å². The Hall–Kier alpha value is -2.83. The molecule has 3 aromatic rings. The molecule has 2 aromatic carbocycles. The number of carbonyl (C=O) groups excluding carboxylic acids is 2. The maximum absolute atomic E-state index is 12.6. The van der Waals surface area contributed by atoms with E-state index in [1.807, 2.05) is 51.1 Å². The summed E-state index contributed by atoms with van der Waals surface area (Å²) in [5.74, 6) is -1.07. The van der Waals surface area contributed by atoms with E-state index in [-0.39, 0.29) is 24.5 Å². The molecule has 1 heterocycles.